The number of amides is 1. The number of aliphatic hydroxyl groups is 1. The third kappa shape index (κ3) is 4.89. The van der Waals surface area contributed by atoms with Crippen LogP contribution in [0.2, 0.25) is 0 Å². The standard InChI is InChI=1S/C23H20BrNO6S/c1-4-31-23(29)18-20(27)17(11-13-9-15(24)19(26)16(10-13)30-3)32-22(18)25-21(28)14-8-6-5-7-12(14)2/h5-11,26-27H,4H2,1-3H3/b17-11-,25-22?. The second-order valence-electron chi connectivity index (χ2n) is 6.65. The first-order valence-electron chi connectivity index (χ1n) is 9.52. The van der Waals surface area contributed by atoms with Crippen LogP contribution in [0.15, 0.2) is 62.1 Å². The summed E-state index contributed by atoms with van der Waals surface area (Å²) in [4.78, 5) is 29.7. The van der Waals surface area contributed by atoms with Crippen LogP contribution in [-0.2, 0) is 9.53 Å². The van der Waals surface area contributed by atoms with Gasteiger partial charge < -0.3 is 19.7 Å². The first kappa shape index (κ1) is 23.6. The molecule has 0 saturated heterocycles. The predicted molar refractivity (Wildman–Crippen MR) is 127 cm³/mol. The van der Waals surface area contributed by atoms with E-state index in [0.717, 1.165) is 17.3 Å². The Morgan fingerprint density at radius 2 is 1.94 bits per heavy atom. The molecule has 0 aromatic heterocycles. The number of esters is 1. The highest BCUT2D eigenvalue weighted by atomic mass is 79.9. The lowest BCUT2D eigenvalue weighted by Gasteiger charge is -2.07. The zero-order chi connectivity index (χ0) is 23.4. The summed E-state index contributed by atoms with van der Waals surface area (Å²) in [5, 5.41) is 20.8. The number of benzene rings is 2. The van der Waals surface area contributed by atoms with Gasteiger partial charge in [0.1, 0.15) is 16.4 Å². The summed E-state index contributed by atoms with van der Waals surface area (Å²) in [6.07, 6.45) is 1.59. The Labute approximate surface area is 197 Å². The Morgan fingerprint density at radius 1 is 1.22 bits per heavy atom. The van der Waals surface area contributed by atoms with Crippen molar-refractivity contribution in [3.05, 3.63) is 73.8 Å². The number of phenols is 1. The van der Waals surface area contributed by atoms with Crippen molar-refractivity contribution >= 4 is 50.7 Å². The number of thioether (sulfide) groups is 1. The molecule has 0 atom stereocenters. The van der Waals surface area contributed by atoms with Crippen molar-refractivity contribution in [2.24, 2.45) is 4.99 Å². The SMILES string of the molecule is CCOC(=O)C1=C(O)/C(=C/c2cc(Br)c(O)c(OC)c2)SC1=NC(=O)c1ccccc1C. The molecule has 0 fully saturated rings. The van der Waals surface area contributed by atoms with Gasteiger partial charge in [-0.1, -0.05) is 30.0 Å². The number of nitrogens with zero attached hydrogens (tertiary/aromatic N) is 1. The minimum atomic E-state index is -0.776. The zero-order valence-corrected chi connectivity index (χ0v) is 19.9. The van der Waals surface area contributed by atoms with Gasteiger partial charge in [0.2, 0.25) is 0 Å². The fourth-order valence-electron chi connectivity index (χ4n) is 2.94. The molecule has 2 N–H and O–H groups in total. The summed E-state index contributed by atoms with van der Waals surface area (Å²) in [6.45, 7) is 3.53. The van der Waals surface area contributed by atoms with E-state index in [9.17, 15) is 19.8 Å². The number of aryl methyl sites for hydroxylation is 1. The fourth-order valence-corrected chi connectivity index (χ4v) is 4.41. The van der Waals surface area contributed by atoms with E-state index < -0.39 is 11.9 Å². The molecule has 9 heteroatoms. The smallest absolute Gasteiger partial charge is 0.344 e. The fraction of sp³-hybridized carbons (Fsp3) is 0.174. The molecule has 166 valence electrons. The number of methoxy groups -OCH3 is 1. The number of aromatic hydroxyl groups is 1. The van der Waals surface area contributed by atoms with Gasteiger partial charge >= 0.3 is 5.97 Å². The molecule has 0 bridgehead atoms. The summed E-state index contributed by atoms with van der Waals surface area (Å²) >= 11 is 4.23. The molecule has 0 radical (unpaired) electrons. The Hall–Kier alpha value is -3.04. The molecule has 32 heavy (non-hydrogen) atoms. The molecular weight excluding hydrogens is 498 g/mol. The van der Waals surface area contributed by atoms with Crippen LogP contribution in [0.4, 0.5) is 0 Å². The molecule has 1 aliphatic rings. The normalized spacial score (nSPS) is 16.0. The number of halogens is 1. The van der Waals surface area contributed by atoms with Crippen LogP contribution in [0.25, 0.3) is 6.08 Å². The highest BCUT2D eigenvalue weighted by Crippen LogP contribution is 2.41. The topological polar surface area (TPSA) is 105 Å². The Balaban J connectivity index is 2.07. The average molecular weight is 518 g/mol. The van der Waals surface area contributed by atoms with Gasteiger partial charge in [-0.3, -0.25) is 4.79 Å². The quantitative estimate of drug-likeness (QED) is 0.526. The minimum absolute atomic E-state index is 0.0465. The van der Waals surface area contributed by atoms with Crippen molar-refractivity contribution < 1.29 is 29.3 Å². The van der Waals surface area contributed by atoms with E-state index >= 15 is 0 Å². The third-order valence-electron chi connectivity index (χ3n) is 4.52. The van der Waals surface area contributed by atoms with Crippen molar-refractivity contribution in [2.75, 3.05) is 13.7 Å². The minimum Gasteiger partial charge on any atom is -0.506 e. The van der Waals surface area contributed by atoms with Crippen molar-refractivity contribution in [3.8, 4) is 11.5 Å². The van der Waals surface area contributed by atoms with Crippen LogP contribution >= 0.6 is 27.7 Å². The molecule has 0 saturated carbocycles. The number of aliphatic hydroxyl groups excluding tert-OH is 1. The first-order chi connectivity index (χ1) is 15.3. The highest BCUT2D eigenvalue weighted by molar-refractivity contribution is 9.10. The molecule has 7 nitrogen and oxygen atoms in total. The Morgan fingerprint density at radius 3 is 2.59 bits per heavy atom. The summed E-state index contributed by atoms with van der Waals surface area (Å²) in [5.74, 6) is -1.48. The van der Waals surface area contributed by atoms with Crippen molar-refractivity contribution in [3.63, 3.8) is 0 Å². The van der Waals surface area contributed by atoms with Crippen LogP contribution in [0.5, 0.6) is 11.5 Å². The number of phenolic OH excluding ortho intramolecular Hbond substituents is 1. The monoisotopic (exact) mass is 517 g/mol. The molecule has 1 aliphatic heterocycles. The van der Waals surface area contributed by atoms with Crippen molar-refractivity contribution in [1.29, 1.82) is 0 Å². The van der Waals surface area contributed by atoms with Gasteiger partial charge in [0.25, 0.3) is 5.91 Å². The largest absolute Gasteiger partial charge is 0.506 e. The summed E-state index contributed by atoms with van der Waals surface area (Å²) in [7, 11) is 1.42. The van der Waals surface area contributed by atoms with E-state index in [1.54, 1.807) is 50.3 Å². The lowest BCUT2D eigenvalue weighted by molar-refractivity contribution is -0.138. The summed E-state index contributed by atoms with van der Waals surface area (Å²) < 4.78 is 10.6. The average Bonchev–Trinajstić information content (AvgIpc) is 3.05. The van der Waals surface area contributed by atoms with Crippen LogP contribution in [0, 0.1) is 6.92 Å². The van der Waals surface area contributed by atoms with Gasteiger partial charge in [-0.05, 0) is 65.2 Å². The molecule has 2 aromatic rings. The van der Waals surface area contributed by atoms with Gasteiger partial charge in [-0.15, -0.1) is 0 Å². The van der Waals surface area contributed by atoms with Crippen LogP contribution in [-0.4, -0.2) is 40.8 Å². The maximum absolute atomic E-state index is 12.8. The molecule has 1 amide bonds. The second kappa shape index (κ2) is 10.1. The highest BCUT2D eigenvalue weighted by Gasteiger charge is 2.34. The van der Waals surface area contributed by atoms with Crippen molar-refractivity contribution in [2.45, 2.75) is 13.8 Å². The molecule has 0 spiro atoms. The van der Waals surface area contributed by atoms with E-state index in [4.69, 9.17) is 9.47 Å². The molecule has 2 aromatic carbocycles. The number of rotatable bonds is 5. The van der Waals surface area contributed by atoms with Gasteiger partial charge in [0.05, 0.1) is 23.1 Å². The molecule has 0 aliphatic carbocycles. The number of carbonyl (C=O) groups excluding carboxylic acids is 2. The Bertz CT molecular complexity index is 1190. The van der Waals surface area contributed by atoms with E-state index in [1.807, 2.05) is 6.07 Å². The number of aliphatic imine (C=N–C) groups is 1. The molecule has 3 rings (SSSR count). The van der Waals surface area contributed by atoms with Gasteiger partial charge in [-0.25, -0.2) is 9.79 Å². The van der Waals surface area contributed by atoms with E-state index in [-0.39, 0.29) is 34.5 Å². The Kier molecular flexibility index (Phi) is 7.42. The van der Waals surface area contributed by atoms with E-state index in [0.29, 0.717) is 20.5 Å². The summed E-state index contributed by atoms with van der Waals surface area (Å²) in [5.41, 5.74) is 1.55. The number of ether oxygens (including phenoxy) is 2. The van der Waals surface area contributed by atoms with Crippen LogP contribution < -0.4 is 4.74 Å². The van der Waals surface area contributed by atoms with Crippen LogP contribution in [0.3, 0.4) is 0 Å². The number of hydrogen-bond acceptors (Lipinski definition) is 7. The maximum Gasteiger partial charge on any atom is 0.344 e. The van der Waals surface area contributed by atoms with Gasteiger partial charge in [-0.2, -0.15) is 0 Å². The van der Waals surface area contributed by atoms with Crippen molar-refractivity contribution in [1.82, 2.24) is 0 Å². The first-order valence-corrected chi connectivity index (χ1v) is 11.1. The molecule has 1 heterocycles. The summed E-state index contributed by atoms with van der Waals surface area (Å²) in [6, 6.07) is 10.2. The van der Waals surface area contributed by atoms with Gasteiger partial charge in [0.15, 0.2) is 11.5 Å². The van der Waals surface area contributed by atoms with Gasteiger partial charge in [0, 0.05) is 5.56 Å². The predicted octanol–water partition coefficient (Wildman–Crippen LogP) is 5.17. The second-order valence-corrected chi connectivity index (χ2v) is 8.53. The molecule has 0 unspecified atom stereocenters. The zero-order valence-electron chi connectivity index (χ0n) is 17.5. The van der Waals surface area contributed by atoms with Crippen LogP contribution in [0.1, 0.15) is 28.4 Å². The molecular formula is C23H20BrNO6S. The number of hydrogen-bond donors (Lipinski definition) is 2. The lowest BCUT2D eigenvalue weighted by atomic mass is 10.1. The number of carbonyl (C=O) groups is 2. The third-order valence-corrected chi connectivity index (χ3v) is 6.14. The van der Waals surface area contributed by atoms with E-state index in [1.165, 1.54) is 7.11 Å². The lowest BCUT2D eigenvalue weighted by Crippen LogP contribution is -2.14. The maximum atomic E-state index is 12.8. The van der Waals surface area contributed by atoms with E-state index in [2.05, 4.69) is 20.9 Å².